The largest absolute Gasteiger partial charge is 0.409 e. The van der Waals surface area contributed by atoms with Crippen LogP contribution in [-0.2, 0) is 11.5 Å². The van der Waals surface area contributed by atoms with E-state index in [1.54, 1.807) is 54.4 Å². The van der Waals surface area contributed by atoms with Crippen LogP contribution in [-0.4, -0.2) is 34.2 Å². The van der Waals surface area contributed by atoms with Gasteiger partial charge in [0.15, 0.2) is 0 Å². The molecule has 1 amide bonds. The second-order valence-electron chi connectivity index (χ2n) is 5.84. The van der Waals surface area contributed by atoms with Crippen LogP contribution in [0.4, 0.5) is 10.1 Å². The lowest BCUT2D eigenvalue weighted by molar-refractivity contribution is -0.117. The van der Waals surface area contributed by atoms with Gasteiger partial charge >= 0.3 is 0 Å². The van der Waals surface area contributed by atoms with Gasteiger partial charge in [0, 0.05) is 0 Å². The SMILES string of the molecule is CN(CC(=O)Nc1ccccc1Cl)Cn1nc(-c2ccccc2F)oc1=S. The highest BCUT2D eigenvalue weighted by Gasteiger charge is 2.14. The minimum Gasteiger partial charge on any atom is -0.409 e. The predicted molar refractivity (Wildman–Crippen MR) is 103 cm³/mol. The maximum absolute atomic E-state index is 13.9. The van der Waals surface area contributed by atoms with Crippen molar-refractivity contribution in [1.82, 2.24) is 14.7 Å². The molecule has 3 aromatic rings. The van der Waals surface area contributed by atoms with Crippen LogP contribution >= 0.6 is 23.8 Å². The molecule has 0 atom stereocenters. The number of nitrogens with zero attached hydrogens (tertiary/aromatic N) is 3. The molecule has 1 heterocycles. The highest BCUT2D eigenvalue weighted by atomic mass is 35.5. The van der Waals surface area contributed by atoms with E-state index in [1.807, 2.05) is 0 Å². The Bertz CT molecular complexity index is 1020. The van der Waals surface area contributed by atoms with Gasteiger partial charge in [0.25, 0.3) is 4.84 Å². The Balaban J connectivity index is 1.65. The molecule has 2 aromatic carbocycles. The van der Waals surface area contributed by atoms with Crippen LogP contribution in [0.1, 0.15) is 0 Å². The van der Waals surface area contributed by atoms with Crippen molar-refractivity contribution in [3.05, 3.63) is 64.2 Å². The summed E-state index contributed by atoms with van der Waals surface area (Å²) in [5, 5.41) is 7.40. The Kier molecular flexibility index (Phi) is 6.00. The minimum absolute atomic E-state index is 0.0783. The average molecular weight is 407 g/mol. The Hall–Kier alpha value is -2.55. The van der Waals surface area contributed by atoms with Crippen molar-refractivity contribution in [1.29, 1.82) is 0 Å². The van der Waals surface area contributed by atoms with Crippen LogP contribution in [0.15, 0.2) is 52.9 Å². The first-order valence-electron chi connectivity index (χ1n) is 8.00. The summed E-state index contributed by atoms with van der Waals surface area (Å²) in [7, 11) is 1.73. The van der Waals surface area contributed by atoms with Crippen molar-refractivity contribution in [2.24, 2.45) is 0 Å². The topological polar surface area (TPSA) is 63.3 Å². The van der Waals surface area contributed by atoms with Crippen molar-refractivity contribution in [2.45, 2.75) is 6.67 Å². The number of benzene rings is 2. The van der Waals surface area contributed by atoms with Crippen LogP contribution in [0, 0.1) is 10.7 Å². The zero-order valence-corrected chi connectivity index (χ0v) is 15.9. The van der Waals surface area contributed by atoms with E-state index in [9.17, 15) is 9.18 Å². The predicted octanol–water partition coefficient (Wildman–Crippen LogP) is 4.19. The Labute approximate surface area is 165 Å². The van der Waals surface area contributed by atoms with Gasteiger partial charge in [-0.25, -0.2) is 9.07 Å². The van der Waals surface area contributed by atoms with Gasteiger partial charge in [0.05, 0.1) is 29.5 Å². The molecule has 0 fully saturated rings. The first-order valence-corrected chi connectivity index (χ1v) is 8.78. The molecule has 1 aromatic heterocycles. The van der Waals surface area contributed by atoms with E-state index in [0.29, 0.717) is 10.7 Å². The van der Waals surface area contributed by atoms with E-state index < -0.39 is 5.82 Å². The number of hydrogen-bond donors (Lipinski definition) is 1. The van der Waals surface area contributed by atoms with Crippen molar-refractivity contribution in [3.8, 4) is 11.5 Å². The molecule has 1 N–H and O–H groups in total. The summed E-state index contributed by atoms with van der Waals surface area (Å²) in [5.74, 6) is -0.602. The molecule has 0 aliphatic carbocycles. The van der Waals surface area contributed by atoms with Crippen LogP contribution in [0.5, 0.6) is 0 Å². The number of aromatic nitrogens is 2. The molecule has 0 saturated carbocycles. The lowest BCUT2D eigenvalue weighted by atomic mass is 10.2. The molecule has 0 saturated heterocycles. The second kappa shape index (κ2) is 8.43. The standard InChI is InChI=1S/C18H16ClFN4O2S/c1-23(10-16(25)21-15-9-5-3-7-13(15)19)11-24-18(27)26-17(22-24)12-6-2-4-8-14(12)20/h2-9H,10-11H2,1H3,(H,21,25). The maximum Gasteiger partial charge on any atom is 0.288 e. The third-order valence-corrected chi connectivity index (χ3v) is 4.27. The van der Waals surface area contributed by atoms with E-state index >= 15 is 0 Å². The molecule has 0 unspecified atom stereocenters. The molecule has 9 heteroatoms. The van der Waals surface area contributed by atoms with E-state index in [2.05, 4.69) is 10.4 Å². The van der Waals surface area contributed by atoms with Gasteiger partial charge in [-0.2, -0.15) is 0 Å². The second-order valence-corrected chi connectivity index (χ2v) is 6.59. The molecular formula is C18H16ClFN4O2S. The van der Waals surface area contributed by atoms with Gasteiger partial charge in [-0.15, -0.1) is 5.10 Å². The summed E-state index contributed by atoms with van der Waals surface area (Å²) < 4.78 is 20.6. The van der Waals surface area contributed by atoms with Crippen molar-refractivity contribution in [3.63, 3.8) is 0 Å². The summed E-state index contributed by atoms with van der Waals surface area (Å²) in [6, 6.07) is 13.1. The number of amides is 1. The fourth-order valence-corrected chi connectivity index (χ4v) is 2.78. The van der Waals surface area contributed by atoms with Crippen molar-refractivity contribution in [2.75, 3.05) is 18.9 Å². The fraction of sp³-hybridized carbons (Fsp3) is 0.167. The third kappa shape index (κ3) is 4.79. The molecule has 6 nitrogen and oxygen atoms in total. The lowest BCUT2D eigenvalue weighted by Crippen LogP contribution is -2.32. The van der Waals surface area contributed by atoms with E-state index in [1.165, 1.54) is 10.7 Å². The highest BCUT2D eigenvalue weighted by molar-refractivity contribution is 7.71. The highest BCUT2D eigenvalue weighted by Crippen LogP contribution is 2.21. The summed E-state index contributed by atoms with van der Waals surface area (Å²) in [6.07, 6.45) is 0. The van der Waals surface area contributed by atoms with E-state index in [-0.39, 0.29) is 35.4 Å². The first kappa shape index (κ1) is 19.2. The zero-order valence-electron chi connectivity index (χ0n) is 14.4. The van der Waals surface area contributed by atoms with Crippen molar-refractivity contribution < 1.29 is 13.6 Å². The number of nitrogens with one attached hydrogen (secondary N) is 1. The zero-order chi connectivity index (χ0) is 19.4. The van der Waals surface area contributed by atoms with Gasteiger partial charge in [0.2, 0.25) is 11.8 Å². The fourth-order valence-electron chi connectivity index (χ4n) is 2.42. The quantitative estimate of drug-likeness (QED) is 0.622. The minimum atomic E-state index is -0.451. The van der Waals surface area contributed by atoms with Crippen LogP contribution < -0.4 is 5.32 Å². The lowest BCUT2D eigenvalue weighted by Gasteiger charge is -2.16. The molecule has 140 valence electrons. The summed E-state index contributed by atoms with van der Waals surface area (Å²) in [4.78, 5) is 14.0. The molecule has 3 rings (SSSR count). The Morgan fingerprint density at radius 2 is 2.00 bits per heavy atom. The number of hydrogen-bond acceptors (Lipinski definition) is 5. The number of carbonyl (C=O) groups excluding carboxylic acids is 1. The number of rotatable bonds is 6. The number of anilines is 1. The molecular weight excluding hydrogens is 391 g/mol. The number of carbonyl (C=O) groups is 1. The smallest absolute Gasteiger partial charge is 0.288 e. The van der Waals surface area contributed by atoms with Gasteiger partial charge in [-0.05, 0) is 43.5 Å². The Morgan fingerprint density at radius 3 is 2.74 bits per heavy atom. The number of likely N-dealkylation sites (N-methyl/N-ethyl adjacent to an activating group) is 1. The van der Waals surface area contributed by atoms with Crippen molar-refractivity contribution >= 4 is 35.4 Å². The maximum atomic E-state index is 13.9. The molecule has 27 heavy (non-hydrogen) atoms. The van der Waals surface area contributed by atoms with E-state index in [0.717, 1.165) is 0 Å². The third-order valence-electron chi connectivity index (χ3n) is 3.65. The molecule has 0 bridgehead atoms. The molecule has 0 aliphatic rings. The number of para-hydroxylation sites is 1. The average Bonchev–Trinajstić information content (AvgIpc) is 2.97. The normalized spacial score (nSPS) is 11.0. The summed E-state index contributed by atoms with van der Waals surface area (Å²) >= 11 is 11.2. The van der Waals surface area contributed by atoms with Crippen LogP contribution in [0.3, 0.4) is 0 Å². The Morgan fingerprint density at radius 1 is 1.30 bits per heavy atom. The number of halogens is 2. The van der Waals surface area contributed by atoms with Gasteiger partial charge in [0.1, 0.15) is 5.82 Å². The van der Waals surface area contributed by atoms with Gasteiger partial charge in [-0.1, -0.05) is 35.9 Å². The van der Waals surface area contributed by atoms with E-state index in [4.69, 9.17) is 28.2 Å². The van der Waals surface area contributed by atoms with Gasteiger partial charge < -0.3 is 9.73 Å². The first-order chi connectivity index (χ1) is 12.9. The summed E-state index contributed by atoms with van der Waals surface area (Å²) in [6.45, 7) is 0.279. The monoisotopic (exact) mass is 406 g/mol. The summed E-state index contributed by atoms with van der Waals surface area (Å²) in [5.41, 5.74) is 0.763. The van der Waals surface area contributed by atoms with Gasteiger partial charge in [-0.3, -0.25) is 9.69 Å². The van der Waals surface area contributed by atoms with Crippen LogP contribution in [0.25, 0.3) is 11.5 Å². The molecule has 0 aliphatic heterocycles. The molecule has 0 spiro atoms. The van der Waals surface area contributed by atoms with Crippen LogP contribution in [0.2, 0.25) is 5.02 Å². The molecule has 0 radical (unpaired) electrons.